The van der Waals surface area contributed by atoms with Gasteiger partial charge in [-0.1, -0.05) is 6.07 Å². The van der Waals surface area contributed by atoms with Crippen molar-refractivity contribution < 1.29 is 8.78 Å². The third kappa shape index (κ3) is 2.65. The molecule has 6 heteroatoms. The number of hydrogen-bond acceptors (Lipinski definition) is 4. The molecule has 0 fully saturated rings. The van der Waals surface area contributed by atoms with Gasteiger partial charge in [0.05, 0.1) is 5.69 Å². The fourth-order valence-electron chi connectivity index (χ4n) is 1.43. The predicted molar refractivity (Wildman–Crippen MR) is 66.7 cm³/mol. The number of nitrogens with one attached hydrogen (secondary N) is 1. The normalized spacial score (nSPS) is 10.3. The lowest BCUT2D eigenvalue weighted by Gasteiger charge is -2.07. The summed E-state index contributed by atoms with van der Waals surface area (Å²) in [5.41, 5.74) is 12.1. The summed E-state index contributed by atoms with van der Waals surface area (Å²) >= 11 is 0. The second-order valence-corrected chi connectivity index (χ2v) is 3.77. The number of anilines is 3. The van der Waals surface area contributed by atoms with Crippen LogP contribution in [0.3, 0.4) is 0 Å². The Labute approximate surface area is 103 Å². The fourth-order valence-corrected chi connectivity index (χ4v) is 1.43. The van der Waals surface area contributed by atoms with E-state index < -0.39 is 11.6 Å². The molecule has 0 aliphatic carbocycles. The summed E-state index contributed by atoms with van der Waals surface area (Å²) in [7, 11) is 0. The van der Waals surface area contributed by atoms with Crippen molar-refractivity contribution in [3.63, 3.8) is 0 Å². The van der Waals surface area contributed by atoms with Crippen LogP contribution in [0.15, 0.2) is 30.3 Å². The molecule has 1 heterocycles. The van der Waals surface area contributed by atoms with E-state index in [9.17, 15) is 8.78 Å². The zero-order chi connectivity index (χ0) is 13.1. The van der Waals surface area contributed by atoms with Crippen molar-refractivity contribution in [3.8, 4) is 0 Å². The first-order valence-electron chi connectivity index (χ1n) is 5.26. The zero-order valence-electron chi connectivity index (χ0n) is 9.45. The van der Waals surface area contributed by atoms with Gasteiger partial charge < -0.3 is 16.8 Å². The maximum atomic E-state index is 13.0. The minimum absolute atomic E-state index is 0.227. The van der Waals surface area contributed by atoms with Gasteiger partial charge in [0, 0.05) is 6.54 Å². The van der Waals surface area contributed by atoms with E-state index in [0.29, 0.717) is 23.6 Å². The molecule has 94 valence electrons. The van der Waals surface area contributed by atoms with Crippen LogP contribution in [-0.4, -0.2) is 4.98 Å². The van der Waals surface area contributed by atoms with Crippen molar-refractivity contribution in [2.45, 2.75) is 6.54 Å². The van der Waals surface area contributed by atoms with E-state index >= 15 is 0 Å². The molecular weight excluding hydrogens is 238 g/mol. The molecule has 0 saturated carbocycles. The minimum atomic E-state index is -0.876. The molecule has 0 saturated heterocycles. The average molecular weight is 250 g/mol. The van der Waals surface area contributed by atoms with E-state index in [-0.39, 0.29) is 5.82 Å². The van der Waals surface area contributed by atoms with Crippen LogP contribution in [0.2, 0.25) is 0 Å². The first-order chi connectivity index (χ1) is 8.56. The van der Waals surface area contributed by atoms with Crippen molar-refractivity contribution in [2.75, 3.05) is 16.8 Å². The summed E-state index contributed by atoms with van der Waals surface area (Å²) in [6.07, 6.45) is 0. The van der Waals surface area contributed by atoms with Crippen molar-refractivity contribution in [1.82, 2.24) is 4.98 Å². The first-order valence-corrected chi connectivity index (χ1v) is 5.26. The molecule has 1 aromatic heterocycles. The van der Waals surface area contributed by atoms with Gasteiger partial charge in [-0.05, 0) is 29.8 Å². The molecule has 4 nitrogen and oxygen atoms in total. The van der Waals surface area contributed by atoms with Crippen LogP contribution >= 0.6 is 0 Å². The molecule has 2 rings (SSSR count). The highest BCUT2D eigenvalue weighted by molar-refractivity contribution is 5.61. The lowest BCUT2D eigenvalue weighted by molar-refractivity contribution is 0.507. The van der Waals surface area contributed by atoms with Crippen LogP contribution in [0.5, 0.6) is 0 Å². The van der Waals surface area contributed by atoms with E-state index in [1.165, 1.54) is 6.07 Å². The molecule has 0 aliphatic rings. The SMILES string of the molecule is Nc1ccc(NCc2ccc(F)c(F)c2)nc1N. The van der Waals surface area contributed by atoms with Gasteiger partial charge in [0.25, 0.3) is 0 Å². The summed E-state index contributed by atoms with van der Waals surface area (Å²) in [6.45, 7) is 0.313. The minimum Gasteiger partial charge on any atom is -0.396 e. The molecule has 2 aromatic rings. The molecule has 18 heavy (non-hydrogen) atoms. The van der Waals surface area contributed by atoms with Crippen molar-refractivity contribution in [1.29, 1.82) is 0 Å². The Bertz CT molecular complexity index is 520. The van der Waals surface area contributed by atoms with Crippen molar-refractivity contribution in [2.24, 2.45) is 0 Å². The van der Waals surface area contributed by atoms with Crippen molar-refractivity contribution in [3.05, 3.63) is 47.5 Å². The number of aromatic nitrogens is 1. The Morgan fingerprint density at radius 1 is 1.06 bits per heavy atom. The van der Waals surface area contributed by atoms with Gasteiger partial charge in [-0.15, -0.1) is 0 Å². The van der Waals surface area contributed by atoms with Crippen LogP contribution in [0.1, 0.15) is 5.56 Å². The monoisotopic (exact) mass is 250 g/mol. The highest BCUT2D eigenvalue weighted by Crippen LogP contribution is 2.16. The van der Waals surface area contributed by atoms with Crippen LogP contribution in [0.25, 0.3) is 0 Å². The van der Waals surface area contributed by atoms with Gasteiger partial charge in [-0.2, -0.15) is 0 Å². The Morgan fingerprint density at radius 2 is 1.83 bits per heavy atom. The zero-order valence-corrected chi connectivity index (χ0v) is 9.45. The van der Waals surface area contributed by atoms with Gasteiger partial charge in [0.2, 0.25) is 0 Å². The second-order valence-electron chi connectivity index (χ2n) is 3.77. The van der Waals surface area contributed by atoms with Gasteiger partial charge in [-0.25, -0.2) is 13.8 Å². The molecule has 0 bridgehead atoms. The Kier molecular flexibility index (Phi) is 3.27. The quantitative estimate of drug-likeness (QED) is 0.780. The number of nitrogen functional groups attached to an aromatic ring is 2. The molecule has 0 aliphatic heterocycles. The van der Waals surface area contributed by atoms with Gasteiger partial charge in [-0.3, -0.25) is 0 Å². The highest BCUT2D eigenvalue weighted by Gasteiger charge is 2.03. The lowest BCUT2D eigenvalue weighted by atomic mass is 10.2. The third-order valence-corrected chi connectivity index (χ3v) is 2.42. The van der Waals surface area contributed by atoms with Crippen LogP contribution in [0.4, 0.5) is 26.1 Å². The number of pyridine rings is 1. The highest BCUT2D eigenvalue weighted by atomic mass is 19.2. The molecule has 0 atom stereocenters. The van der Waals surface area contributed by atoms with E-state index in [1.54, 1.807) is 12.1 Å². The number of nitrogens with zero attached hydrogens (tertiary/aromatic N) is 1. The van der Waals surface area contributed by atoms with Gasteiger partial charge in [0.15, 0.2) is 11.6 Å². The third-order valence-electron chi connectivity index (χ3n) is 2.42. The lowest BCUT2D eigenvalue weighted by Crippen LogP contribution is -2.05. The molecule has 0 amide bonds. The maximum absolute atomic E-state index is 13.0. The summed E-state index contributed by atoms with van der Waals surface area (Å²) in [6, 6.07) is 6.98. The van der Waals surface area contributed by atoms with Crippen LogP contribution in [0, 0.1) is 11.6 Å². The Balaban J connectivity index is 2.06. The van der Waals surface area contributed by atoms with E-state index in [1.807, 2.05) is 0 Å². The summed E-state index contributed by atoms with van der Waals surface area (Å²) in [5.74, 6) is -0.996. The van der Waals surface area contributed by atoms with Crippen LogP contribution < -0.4 is 16.8 Å². The number of hydrogen-bond donors (Lipinski definition) is 3. The summed E-state index contributed by atoms with van der Waals surface area (Å²) < 4.78 is 25.7. The second kappa shape index (κ2) is 4.87. The number of halogens is 2. The molecule has 5 N–H and O–H groups in total. The Hall–Kier alpha value is -2.37. The standard InChI is InChI=1S/C12H12F2N4/c13-8-2-1-7(5-9(8)14)6-17-11-4-3-10(15)12(16)18-11/h1-5H,6,15H2,(H3,16,17,18). The molecule has 0 spiro atoms. The average Bonchev–Trinajstić information content (AvgIpc) is 2.35. The van der Waals surface area contributed by atoms with Crippen LogP contribution in [-0.2, 0) is 6.54 Å². The first kappa shape index (κ1) is 12.1. The number of rotatable bonds is 3. The molecule has 0 radical (unpaired) electrons. The molecule has 1 aromatic carbocycles. The van der Waals surface area contributed by atoms with Gasteiger partial charge in [0.1, 0.15) is 11.6 Å². The van der Waals surface area contributed by atoms with Gasteiger partial charge >= 0.3 is 0 Å². The summed E-state index contributed by atoms with van der Waals surface area (Å²) in [4.78, 5) is 4.00. The number of nitrogens with two attached hydrogens (primary N) is 2. The van der Waals surface area contributed by atoms with E-state index in [0.717, 1.165) is 12.1 Å². The number of benzene rings is 1. The van der Waals surface area contributed by atoms with E-state index in [2.05, 4.69) is 10.3 Å². The largest absolute Gasteiger partial charge is 0.396 e. The maximum Gasteiger partial charge on any atom is 0.159 e. The Morgan fingerprint density at radius 3 is 2.50 bits per heavy atom. The predicted octanol–water partition coefficient (Wildman–Crippen LogP) is 2.14. The van der Waals surface area contributed by atoms with Crippen molar-refractivity contribution >= 4 is 17.3 Å². The molecular formula is C12H12F2N4. The fraction of sp³-hybridized carbons (Fsp3) is 0.0833. The smallest absolute Gasteiger partial charge is 0.159 e. The van der Waals surface area contributed by atoms with E-state index in [4.69, 9.17) is 11.5 Å². The molecule has 0 unspecified atom stereocenters. The summed E-state index contributed by atoms with van der Waals surface area (Å²) in [5, 5.41) is 2.94. The topological polar surface area (TPSA) is 77.0 Å².